The molecule has 0 fully saturated rings. The highest BCUT2D eigenvalue weighted by Gasteiger charge is 2.26. The van der Waals surface area contributed by atoms with Crippen LogP contribution >= 0.6 is 11.3 Å². The molecule has 2 aromatic rings. The van der Waals surface area contributed by atoms with Crippen molar-refractivity contribution in [3.8, 4) is 5.75 Å². The summed E-state index contributed by atoms with van der Waals surface area (Å²) in [5.74, 6) is 0.0708. The lowest BCUT2D eigenvalue weighted by Crippen LogP contribution is -2.22. The molecular formula is C21H25N3O3S. The fourth-order valence-corrected chi connectivity index (χ4v) is 4.51. The number of thiophene rings is 1. The summed E-state index contributed by atoms with van der Waals surface area (Å²) >= 11 is 1.50. The number of hydrogen-bond donors (Lipinski definition) is 2. The number of amides is 2. The van der Waals surface area contributed by atoms with Gasteiger partial charge in [0.15, 0.2) is 0 Å². The molecule has 2 N–H and O–H groups in total. The minimum atomic E-state index is -0.276. The van der Waals surface area contributed by atoms with E-state index in [1.807, 2.05) is 13.8 Å². The van der Waals surface area contributed by atoms with Crippen molar-refractivity contribution in [1.82, 2.24) is 5.43 Å². The molecule has 2 amide bonds. The summed E-state index contributed by atoms with van der Waals surface area (Å²) in [6.07, 6.45) is 5.08. The topological polar surface area (TPSA) is 79.8 Å². The Kier molecular flexibility index (Phi) is 6.46. The van der Waals surface area contributed by atoms with E-state index in [0.29, 0.717) is 21.9 Å². The number of benzene rings is 1. The van der Waals surface area contributed by atoms with Crippen molar-refractivity contribution in [1.29, 1.82) is 0 Å². The number of aryl methyl sites for hydroxylation is 1. The summed E-state index contributed by atoms with van der Waals surface area (Å²) in [6.45, 7) is 3.64. The Morgan fingerprint density at radius 2 is 1.89 bits per heavy atom. The molecule has 7 heteroatoms. The molecule has 0 unspecified atom stereocenters. The van der Waals surface area contributed by atoms with Crippen LogP contribution in [0.4, 0.5) is 5.00 Å². The third kappa shape index (κ3) is 4.59. The number of anilines is 1. The third-order valence-corrected chi connectivity index (χ3v) is 5.80. The Morgan fingerprint density at radius 1 is 1.11 bits per heavy atom. The van der Waals surface area contributed by atoms with Gasteiger partial charge in [-0.25, -0.2) is 5.43 Å². The second-order valence-electron chi connectivity index (χ2n) is 6.95. The van der Waals surface area contributed by atoms with Crippen molar-refractivity contribution in [2.24, 2.45) is 5.10 Å². The van der Waals surface area contributed by atoms with Crippen molar-refractivity contribution in [3.63, 3.8) is 0 Å². The fourth-order valence-electron chi connectivity index (χ4n) is 3.23. The van der Waals surface area contributed by atoms with Gasteiger partial charge in [0, 0.05) is 16.2 Å². The van der Waals surface area contributed by atoms with E-state index < -0.39 is 0 Å². The van der Waals surface area contributed by atoms with Crippen molar-refractivity contribution < 1.29 is 14.3 Å². The number of fused-ring (bicyclic) bond motifs is 1. The molecule has 1 aliphatic carbocycles. The molecule has 0 spiro atoms. The van der Waals surface area contributed by atoms with E-state index in [-0.39, 0.29) is 11.8 Å². The zero-order valence-corrected chi connectivity index (χ0v) is 17.2. The summed E-state index contributed by atoms with van der Waals surface area (Å²) in [7, 11) is 1.56. The van der Waals surface area contributed by atoms with Gasteiger partial charge in [-0.05, 0) is 63.3 Å². The Hall–Kier alpha value is -2.67. The molecule has 0 atom stereocenters. The normalized spacial score (nSPS) is 13.1. The molecule has 1 aliphatic rings. The van der Waals surface area contributed by atoms with Crippen LogP contribution in [0, 0.1) is 0 Å². The van der Waals surface area contributed by atoms with Crippen LogP contribution < -0.4 is 15.5 Å². The van der Waals surface area contributed by atoms with Crippen LogP contribution in [0.25, 0.3) is 0 Å². The molecule has 0 radical (unpaired) electrons. The van der Waals surface area contributed by atoms with Crippen LogP contribution in [0.15, 0.2) is 29.4 Å². The minimum absolute atomic E-state index is 0.264. The number of carbonyl (C=O) groups is 2. The van der Waals surface area contributed by atoms with Crippen LogP contribution in [-0.2, 0) is 12.8 Å². The molecule has 1 aromatic carbocycles. The predicted molar refractivity (Wildman–Crippen MR) is 113 cm³/mol. The van der Waals surface area contributed by atoms with E-state index in [9.17, 15) is 9.59 Å². The molecule has 6 nitrogen and oxygen atoms in total. The molecule has 28 heavy (non-hydrogen) atoms. The third-order valence-electron chi connectivity index (χ3n) is 4.59. The molecule has 1 heterocycles. The highest BCUT2D eigenvalue weighted by atomic mass is 32.1. The highest BCUT2D eigenvalue weighted by molar-refractivity contribution is 7.17. The first-order valence-corrected chi connectivity index (χ1v) is 10.2. The Morgan fingerprint density at radius 3 is 2.64 bits per heavy atom. The number of carbonyl (C=O) groups excluding carboxylic acids is 2. The summed E-state index contributed by atoms with van der Waals surface area (Å²) in [5, 5.41) is 7.57. The van der Waals surface area contributed by atoms with E-state index in [4.69, 9.17) is 4.74 Å². The van der Waals surface area contributed by atoms with Crippen molar-refractivity contribution in [2.45, 2.75) is 46.0 Å². The first kappa shape index (κ1) is 20.1. The van der Waals surface area contributed by atoms with Gasteiger partial charge in [0.2, 0.25) is 0 Å². The first-order valence-electron chi connectivity index (χ1n) is 9.40. The fraction of sp³-hybridized carbons (Fsp3) is 0.381. The smallest absolute Gasteiger partial charge is 0.274 e. The molecule has 1 aromatic heterocycles. The van der Waals surface area contributed by atoms with Crippen LogP contribution in [-0.4, -0.2) is 24.6 Å². The van der Waals surface area contributed by atoms with Crippen LogP contribution in [0.3, 0.4) is 0 Å². The van der Waals surface area contributed by atoms with E-state index in [1.165, 1.54) is 16.2 Å². The van der Waals surface area contributed by atoms with Gasteiger partial charge in [0.05, 0.1) is 12.7 Å². The molecule has 3 rings (SSSR count). The van der Waals surface area contributed by atoms with E-state index >= 15 is 0 Å². The number of nitrogens with one attached hydrogen (secondary N) is 2. The van der Waals surface area contributed by atoms with Gasteiger partial charge in [-0.2, -0.15) is 5.10 Å². The van der Waals surface area contributed by atoms with Crippen molar-refractivity contribution in [2.75, 3.05) is 12.4 Å². The molecule has 0 aliphatic heterocycles. The molecule has 0 bridgehead atoms. The van der Waals surface area contributed by atoms with Crippen LogP contribution in [0.2, 0.25) is 0 Å². The number of hydrazone groups is 1. The monoisotopic (exact) mass is 399 g/mol. The highest BCUT2D eigenvalue weighted by Crippen LogP contribution is 2.37. The van der Waals surface area contributed by atoms with Crippen LogP contribution in [0.1, 0.15) is 64.3 Å². The average molecular weight is 400 g/mol. The first-order chi connectivity index (χ1) is 13.5. The second kappa shape index (κ2) is 9.01. The Bertz CT molecular complexity index is 914. The molecule has 0 saturated heterocycles. The number of nitrogens with zero attached hydrogens (tertiary/aromatic N) is 1. The lowest BCUT2D eigenvalue weighted by atomic mass is 10.0. The number of rotatable bonds is 5. The number of hydrogen-bond acceptors (Lipinski definition) is 5. The molecule has 0 saturated carbocycles. The van der Waals surface area contributed by atoms with Gasteiger partial charge >= 0.3 is 0 Å². The van der Waals surface area contributed by atoms with Gasteiger partial charge in [0.1, 0.15) is 10.8 Å². The lowest BCUT2D eigenvalue weighted by molar-refractivity contribution is 0.0955. The van der Waals surface area contributed by atoms with Gasteiger partial charge in [-0.1, -0.05) is 12.5 Å². The van der Waals surface area contributed by atoms with Crippen LogP contribution in [0.5, 0.6) is 5.75 Å². The number of ether oxygens (including phenoxy) is 1. The maximum absolute atomic E-state index is 12.9. The average Bonchev–Trinajstić information content (AvgIpc) is 2.86. The number of methoxy groups -OCH3 is 1. The van der Waals surface area contributed by atoms with Crippen molar-refractivity contribution in [3.05, 3.63) is 45.8 Å². The van der Waals surface area contributed by atoms with E-state index in [0.717, 1.165) is 43.4 Å². The standard InChI is InChI=1S/C21H25N3O3S/c1-13(2)23-24-20(26)18-16-10-5-4-6-11-17(16)28-21(18)22-19(25)14-8-7-9-15(12-14)27-3/h7-9,12H,4-6,10-11H2,1-3H3,(H,22,25)(H,24,26). The predicted octanol–water partition coefficient (Wildman–Crippen LogP) is 4.40. The van der Waals surface area contributed by atoms with E-state index in [1.54, 1.807) is 31.4 Å². The van der Waals surface area contributed by atoms with Gasteiger partial charge in [-0.15, -0.1) is 11.3 Å². The summed E-state index contributed by atoms with van der Waals surface area (Å²) < 4.78 is 5.20. The molecule has 148 valence electrons. The lowest BCUT2D eigenvalue weighted by Gasteiger charge is -2.09. The Labute approximate surface area is 169 Å². The van der Waals surface area contributed by atoms with Gasteiger partial charge in [-0.3, -0.25) is 9.59 Å². The SMILES string of the molecule is COc1cccc(C(=O)Nc2sc3c(c2C(=O)NN=C(C)C)CCCCC3)c1. The maximum atomic E-state index is 12.9. The summed E-state index contributed by atoms with van der Waals surface area (Å²) in [5.41, 5.74) is 5.45. The zero-order chi connectivity index (χ0) is 20.1. The maximum Gasteiger partial charge on any atom is 0.274 e. The van der Waals surface area contributed by atoms with Gasteiger partial charge in [0.25, 0.3) is 11.8 Å². The van der Waals surface area contributed by atoms with Gasteiger partial charge < -0.3 is 10.1 Å². The summed E-state index contributed by atoms with van der Waals surface area (Å²) in [6, 6.07) is 6.96. The largest absolute Gasteiger partial charge is 0.497 e. The second-order valence-corrected chi connectivity index (χ2v) is 8.06. The van der Waals surface area contributed by atoms with Crippen molar-refractivity contribution >= 4 is 33.9 Å². The summed E-state index contributed by atoms with van der Waals surface area (Å²) in [4.78, 5) is 26.8. The van der Waals surface area contributed by atoms with E-state index in [2.05, 4.69) is 15.8 Å². The Balaban J connectivity index is 1.94. The zero-order valence-electron chi connectivity index (χ0n) is 16.4. The molecular weight excluding hydrogens is 374 g/mol. The quantitative estimate of drug-likeness (QED) is 0.444. The minimum Gasteiger partial charge on any atom is -0.497 e.